The zero-order valence-electron chi connectivity index (χ0n) is 15.9. The van der Waals surface area contributed by atoms with Gasteiger partial charge in [-0.05, 0) is 56.0 Å². The second-order valence-electron chi connectivity index (χ2n) is 6.85. The second-order valence-corrected chi connectivity index (χ2v) is 6.85. The molecule has 6 nitrogen and oxygen atoms in total. The number of nitrogens with one attached hydrogen (secondary N) is 1. The molecule has 0 unspecified atom stereocenters. The van der Waals surface area contributed by atoms with Crippen molar-refractivity contribution < 1.29 is 14.3 Å². The van der Waals surface area contributed by atoms with E-state index in [1.165, 1.54) is 7.11 Å². The molecule has 1 N–H and O–H groups in total. The highest BCUT2D eigenvalue weighted by molar-refractivity contribution is 6.04. The van der Waals surface area contributed by atoms with Crippen molar-refractivity contribution in [3.05, 3.63) is 76.6 Å². The van der Waals surface area contributed by atoms with Gasteiger partial charge in [-0.3, -0.25) is 4.79 Å². The van der Waals surface area contributed by atoms with E-state index in [9.17, 15) is 9.59 Å². The van der Waals surface area contributed by atoms with Crippen molar-refractivity contribution in [2.75, 3.05) is 12.4 Å². The Morgan fingerprint density at radius 2 is 1.93 bits per heavy atom. The van der Waals surface area contributed by atoms with E-state index < -0.39 is 5.97 Å². The summed E-state index contributed by atoms with van der Waals surface area (Å²) in [4.78, 5) is 24.7. The van der Waals surface area contributed by atoms with Crippen LogP contribution in [-0.4, -0.2) is 28.8 Å². The number of hydrogen-bond donors (Lipinski definition) is 1. The van der Waals surface area contributed by atoms with Gasteiger partial charge in [0, 0.05) is 16.9 Å². The maximum Gasteiger partial charge on any atom is 0.337 e. The predicted octanol–water partition coefficient (Wildman–Crippen LogP) is 3.71. The monoisotopic (exact) mass is 375 g/mol. The molecule has 0 spiro atoms. The number of methoxy groups -OCH3 is 1. The molecule has 0 aliphatic heterocycles. The molecule has 28 heavy (non-hydrogen) atoms. The molecule has 6 heteroatoms. The van der Waals surface area contributed by atoms with Crippen molar-refractivity contribution in [3.8, 4) is 5.69 Å². The Labute approximate surface area is 163 Å². The Kier molecular flexibility index (Phi) is 4.69. The Hall–Kier alpha value is -3.41. The van der Waals surface area contributed by atoms with Crippen molar-refractivity contribution in [1.29, 1.82) is 0 Å². The van der Waals surface area contributed by atoms with Gasteiger partial charge in [0.25, 0.3) is 5.91 Å². The van der Waals surface area contributed by atoms with Gasteiger partial charge >= 0.3 is 5.97 Å². The first-order valence-corrected chi connectivity index (χ1v) is 9.25. The van der Waals surface area contributed by atoms with Crippen LogP contribution in [0, 0.1) is 6.92 Å². The molecule has 1 amide bonds. The molecule has 1 aliphatic rings. The summed E-state index contributed by atoms with van der Waals surface area (Å²) in [5.74, 6) is -0.715. The summed E-state index contributed by atoms with van der Waals surface area (Å²) < 4.78 is 6.64. The highest BCUT2D eigenvalue weighted by Crippen LogP contribution is 2.29. The quantitative estimate of drug-likeness (QED) is 0.706. The maximum atomic E-state index is 13.0. The molecule has 1 aliphatic carbocycles. The van der Waals surface area contributed by atoms with Crippen LogP contribution in [0.5, 0.6) is 0 Å². The van der Waals surface area contributed by atoms with Gasteiger partial charge in [0.2, 0.25) is 0 Å². The Morgan fingerprint density at radius 1 is 1.11 bits per heavy atom. The third-order valence-corrected chi connectivity index (χ3v) is 5.03. The van der Waals surface area contributed by atoms with Gasteiger partial charge in [0.1, 0.15) is 0 Å². The summed E-state index contributed by atoms with van der Waals surface area (Å²) >= 11 is 0. The summed E-state index contributed by atoms with van der Waals surface area (Å²) in [6.07, 6.45) is 2.76. The van der Waals surface area contributed by atoms with Gasteiger partial charge in [-0.15, -0.1) is 0 Å². The van der Waals surface area contributed by atoms with Gasteiger partial charge in [-0.1, -0.05) is 24.3 Å². The largest absolute Gasteiger partial charge is 0.465 e. The lowest BCUT2D eigenvalue weighted by molar-refractivity contribution is 0.0600. The average Bonchev–Trinajstić information content (AvgIpc) is 3.31. The lowest BCUT2D eigenvalue weighted by atomic mass is 10.1. The number of hydrogen-bond acceptors (Lipinski definition) is 4. The number of fused-ring (bicyclic) bond motifs is 1. The number of ether oxygens (including phenoxy) is 1. The highest BCUT2D eigenvalue weighted by Gasteiger charge is 2.27. The van der Waals surface area contributed by atoms with Crippen LogP contribution >= 0.6 is 0 Å². The van der Waals surface area contributed by atoms with Crippen molar-refractivity contribution >= 4 is 17.6 Å². The van der Waals surface area contributed by atoms with Crippen LogP contribution in [0.2, 0.25) is 0 Å². The molecular formula is C22H21N3O3. The van der Waals surface area contributed by atoms with Gasteiger partial charge in [0.15, 0.2) is 5.69 Å². The molecule has 0 fully saturated rings. The third-order valence-electron chi connectivity index (χ3n) is 5.03. The topological polar surface area (TPSA) is 73.2 Å². The van der Waals surface area contributed by atoms with E-state index in [1.54, 1.807) is 24.3 Å². The first kappa shape index (κ1) is 18.0. The number of carbonyl (C=O) groups is 2. The van der Waals surface area contributed by atoms with Crippen molar-refractivity contribution in [2.24, 2.45) is 0 Å². The lowest BCUT2D eigenvalue weighted by Crippen LogP contribution is -2.15. The normalized spacial score (nSPS) is 12.5. The van der Waals surface area contributed by atoms with Crippen molar-refractivity contribution in [3.63, 3.8) is 0 Å². The fourth-order valence-corrected chi connectivity index (χ4v) is 3.65. The average molecular weight is 375 g/mol. The fourth-order valence-electron chi connectivity index (χ4n) is 3.65. The minimum Gasteiger partial charge on any atom is -0.465 e. The van der Waals surface area contributed by atoms with E-state index in [2.05, 4.69) is 10.4 Å². The second kappa shape index (κ2) is 7.31. The van der Waals surface area contributed by atoms with E-state index in [4.69, 9.17) is 4.74 Å². The first-order valence-electron chi connectivity index (χ1n) is 9.25. The van der Waals surface area contributed by atoms with Crippen LogP contribution in [0.15, 0.2) is 48.5 Å². The standard InChI is InChI=1S/C22H21N3O3/c1-14-7-3-4-11-18(14)25-19-12-6-10-17(19)20(24-25)21(26)23-16-9-5-8-15(13-16)22(27)28-2/h3-5,7-9,11,13H,6,10,12H2,1-2H3,(H,23,26). The molecule has 1 aromatic heterocycles. The van der Waals surface area contributed by atoms with Gasteiger partial charge in [-0.2, -0.15) is 5.10 Å². The summed E-state index contributed by atoms with van der Waals surface area (Å²) in [6.45, 7) is 2.04. The minimum atomic E-state index is -0.444. The van der Waals surface area contributed by atoms with E-state index in [-0.39, 0.29) is 5.91 Å². The maximum absolute atomic E-state index is 13.0. The molecule has 0 bridgehead atoms. The molecule has 0 atom stereocenters. The Morgan fingerprint density at radius 3 is 2.71 bits per heavy atom. The molecule has 0 saturated carbocycles. The van der Waals surface area contributed by atoms with Crippen molar-refractivity contribution in [1.82, 2.24) is 9.78 Å². The SMILES string of the molecule is COC(=O)c1cccc(NC(=O)c2nn(-c3ccccc3C)c3c2CCC3)c1. The smallest absolute Gasteiger partial charge is 0.337 e. The number of rotatable bonds is 4. The predicted molar refractivity (Wildman–Crippen MR) is 106 cm³/mol. The van der Waals surface area contributed by atoms with Gasteiger partial charge in [0.05, 0.1) is 18.4 Å². The third kappa shape index (κ3) is 3.17. The molecule has 4 rings (SSSR count). The number of aromatic nitrogens is 2. The van der Waals surface area contributed by atoms with Gasteiger partial charge in [-0.25, -0.2) is 9.48 Å². The molecule has 2 aromatic carbocycles. The summed E-state index contributed by atoms with van der Waals surface area (Å²) in [5, 5.41) is 7.51. The number of aryl methyl sites for hydroxylation is 1. The van der Waals surface area contributed by atoms with E-state index in [0.717, 1.165) is 41.8 Å². The number of para-hydroxylation sites is 1. The Bertz CT molecular complexity index is 1070. The van der Waals surface area contributed by atoms with Crippen LogP contribution in [0.25, 0.3) is 5.69 Å². The zero-order valence-corrected chi connectivity index (χ0v) is 15.9. The van der Waals surface area contributed by atoms with Crippen LogP contribution in [0.4, 0.5) is 5.69 Å². The number of esters is 1. The molecule has 0 saturated heterocycles. The van der Waals surface area contributed by atoms with Crippen LogP contribution in [-0.2, 0) is 17.6 Å². The number of benzene rings is 2. The number of carbonyl (C=O) groups excluding carboxylic acids is 2. The summed E-state index contributed by atoms with van der Waals surface area (Å²) in [6, 6.07) is 14.7. The van der Waals surface area contributed by atoms with E-state index >= 15 is 0 Å². The Balaban J connectivity index is 1.67. The molecule has 3 aromatic rings. The molecule has 0 radical (unpaired) electrons. The van der Waals surface area contributed by atoms with Crippen LogP contribution < -0.4 is 5.32 Å². The molecular weight excluding hydrogens is 354 g/mol. The van der Waals surface area contributed by atoms with Gasteiger partial charge < -0.3 is 10.1 Å². The van der Waals surface area contributed by atoms with Crippen LogP contribution in [0.1, 0.15) is 44.1 Å². The minimum absolute atomic E-state index is 0.271. The number of anilines is 1. The van der Waals surface area contributed by atoms with E-state index in [1.807, 2.05) is 35.9 Å². The number of nitrogens with zero attached hydrogens (tertiary/aromatic N) is 2. The number of amides is 1. The summed E-state index contributed by atoms with van der Waals surface area (Å²) in [7, 11) is 1.33. The molecule has 142 valence electrons. The molecule has 1 heterocycles. The fraction of sp³-hybridized carbons (Fsp3) is 0.227. The van der Waals surface area contributed by atoms with Crippen molar-refractivity contribution in [2.45, 2.75) is 26.2 Å². The van der Waals surface area contributed by atoms with Crippen LogP contribution in [0.3, 0.4) is 0 Å². The van der Waals surface area contributed by atoms with E-state index in [0.29, 0.717) is 16.9 Å². The lowest BCUT2D eigenvalue weighted by Gasteiger charge is -2.08. The highest BCUT2D eigenvalue weighted by atomic mass is 16.5. The summed E-state index contributed by atoms with van der Waals surface area (Å²) in [5.41, 5.74) is 5.57. The first-order chi connectivity index (χ1) is 13.6. The zero-order chi connectivity index (χ0) is 19.7.